The maximum absolute atomic E-state index is 9.42. The van der Waals surface area contributed by atoms with Gasteiger partial charge in [0.1, 0.15) is 0 Å². The van der Waals surface area contributed by atoms with Gasteiger partial charge in [-0.15, -0.1) is 6.58 Å². The van der Waals surface area contributed by atoms with Gasteiger partial charge in [0.2, 0.25) is 0 Å². The predicted molar refractivity (Wildman–Crippen MR) is 76.2 cm³/mol. The normalized spacial score (nSPS) is 10.1. The molecule has 0 heterocycles. The van der Waals surface area contributed by atoms with E-state index in [1.807, 2.05) is 0 Å². The molecule has 0 spiro atoms. The number of hydrogen-bond donors (Lipinski definition) is 3. The number of nitrogens with one attached hydrogen (secondary N) is 2. The Morgan fingerprint density at radius 1 is 1.61 bits per heavy atom. The summed E-state index contributed by atoms with van der Waals surface area (Å²) in [5, 5.41) is 16.7. The topological polar surface area (TPSA) is 65.9 Å². The Labute approximate surface area is 111 Å². The number of nitrogens with zero attached hydrogens (tertiary/aromatic N) is 1. The second-order valence-corrected chi connectivity index (χ2v) is 3.71. The molecule has 1 aromatic carbocycles. The molecule has 0 aliphatic rings. The number of thiocarbonyl (C=S) groups is 1. The van der Waals surface area contributed by atoms with Crippen LogP contribution in [0.25, 0.3) is 0 Å². The summed E-state index contributed by atoms with van der Waals surface area (Å²) in [6.07, 6.45) is 3.27. The molecule has 5 nitrogen and oxygen atoms in total. The number of rotatable bonds is 5. The number of aromatic hydroxyl groups is 1. The molecule has 0 radical (unpaired) electrons. The van der Waals surface area contributed by atoms with E-state index in [9.17, 15) is 5.11 Å². The zero-order valence-electron chi connectivity index (χ0n) is 10.0. The Bertz CT molecular complexity index is 461. The second-order valence-electron chi connectivity index (χ2n) is 3.30. The van der Waals surface area contributed by atoms with E-state index in [1.54, 1.807) is 24.4 Å². The van der Waals surface area contributed by atoms with Gasteiger partial charge in [-0.05, 0) is 36.0 Å². The number of phenols is 1. The van der Waals surface area contributed by atoms with Gasteiger partial charge in [0.05, 0.1) is 13.3 Å². The van der Waals surface area contributed by atoms with Crippen LogP contribution in [-0.4, -0.2) is 30.1 Å². The van der Waals surface area contributed by atoms with Gasteiger partial charge in [-0.3, -0.25) is 5.43 Å². The lowest BCUT2D eigenvalue weighted by Gasteiger charge is -2.04. The fourth-order valence-corrected chi connectivity index (χ4v) is 1.28. The molecule has 0 aromatic heterocycles. The van der Waals surface area contributed by atoms with E-state index in [1.165, 1.54) is 13.2 Å². The van der Waals surface area contributed by atoms with Crippen molar-refractivity contribution in [2.45, 2.75) is 0 Å². The lowest BCUT2D eigenvalue weighted by Crippen LogP contribution is -2.31. The van der Waals surface area contributed by atoms with Crippen molar-refractivity contribution >= 4 is 23.5 Å². The van der Waals surface area contributed by atoms with Crippen LogP contribution in [0.2, 0.25) is 0 Å². The molecule has 18 heavy (non-hydrogen) atoms. The summed E-state index contributed by atoms with van der Waals surface area (Å²) in [5.74, 6) is 0.483. The Morgan fingerprint density at radius 2 is 2.39 bits per heavy atom. The van der Waals surface area contributed by atoms with Crippen molar-refractivity contribution in [2.24, 2.45) is 5.10 Å². The number of ether oxygens (including phenoxy) is 1. The lowest BCUT2D eigenvalue weighted by atomic mass is 10.2. The van der Waals surface area contributed by atoms with E-state index in [0.717, 1.165) is 5.56 Å². The van der Waals surface area contributed by atoms with Crippen LogP contribution < -0.4 is 15.5 Å². The molecule has 1 rings (SSSR count). The molecule has 0 atom stereocenters. The van der Waals surface area contributed by atoms with Crippen LogP contribution in [0.5, 0.6) is 11.5 Å². The molecule has 6 heteroatoms. The van der Waals surface area contributed by atoms with Crippen LogP contribution in [-0.2, 0) is 0 Å². The van der Waals surface area contributed by atoms with Crippen molar-refractivity contribution in [3.8, 4) is 11.5 Å². The van der Waals surface area contributed by atoms with Crippen LogP contribution in [0, 0.1) is 0 Å². The molecule has 0 fully saturated rings. The molecule has 0 aliphatic carbocycles. The Morgan fingerprint density at radius 3 is 3.06 bits per heavy atom. The Balaban J connectivity index is 2.56. The lowest BCUT2D eigenvalue weighted by molar-refractivity contribution is 0.373. The highest BCUT2D eigenvalue weighted by molar-refractivity contribution is 7.80. The minimum atomic E-state index is 0.0887. The van der Waals surface area contributed by atoms with Crippen LogP contribution in [0.3, 0.4) is 0 Å². The molecule has 96 valence electrons. The van der Waals surface area contributed by atoms with Gasteiger partial charge in [0.15, 0.2) is 16.6 Å². The highest BCUT2D eigenvalue weighted by Crippen LogP contribution is 2.25. The van der Waals surface area contributed by atoms with E-state index in [4.69, 9.17) is 17.0 Å². The van der Waals surface area contributed by atoms with Gasteiger partial charge < -0.3 is 15.2 Å². The Hall–Kier alpha value is -2.08. The molecule has 3 N–H and O–H groups in total. The van der Waals surface area contributed by atoms with E-state index in [2.05, 4.69) is 22.4 Å². The summed E-state index contributed by atoms with van der Waals surface area (Å²) in [7, 11) is 1.49. The molecular formula is C12H15N3O2S. The smallest absolute Gasteiger partial charge is 0.187 e. The van der Waals surface area contributed by atoms with Gasteiger partial charge in [-0.25, -0.2) is 0 Å². The van der Waals surface area contributed by atoms with Crippen molar-refractivity contribution in [1.29, 1.82) is 0 Å². The van der Waals surface area contributed by atoms with Crippen molar-refractivity contribution in [2.75, 3.05) is 13.7 Å². The van der Waals surface area contributed by atoms with Gasteiger partial charge in [-0.2, -0.15) is 5.10 Å². The highest BCUT2D eigenvalue weighted by atomic mass is 32.1. The standard InChI is InChI=1S/C12H15N3O2S/c1-3-6-13-12(18)15-14-8-9-4-5-10(16)11(7-9)17-2/h3-5,7-8,16H,1,6H2,2H3,(H2,13,15,18)/b14-8-. The summed E-state index contributed by atoms with van der Waals surface area (Å²) in [5.41, 5.74) is 3.44. The summed E-state index contributed by atoms with van der Waals surface area (Å²) >= 11 is 4.96. The van der Waals surface area contributed by atoms with E-state index >= 15 is 0 Å². The third-order valence-corrected chi connectivity index (χ3v) is 2.23. The zero-order chi connectivity index (χ0) is 13.4. The zero-order valence-corrected chi connectivity index (χ0v) is 10.8. The predicted octanol–water partition coefficient (Wildman–Crippen LogP) is 1.38. The summed E-state index contributed by atoms with van der Waals surface area (Å²) < 4.78 is 4.98. The molecule has 0 amide bonds. The largest absolute Gasteiger partial charge is 0.504 e. The number of methoxy groups -OCH3 is 1. The van der Waals surface area contributed by atoms with E-state index < -0.39 is 0 Å². The van der Waals surface area contributed by atoms with Crippen LogP contribution in [0.1, 0.15) is 5.56 Å². The van der Waals surface area contributed by atoms with Gasteiger partial charge in [-0.1, -0.05) is 6.08 Å². The molecule has 0 unspecified atom stereocenters. The average molecular weight is 265 g/mol. The van der Waals surface area contributed by atoms with E-state index in [0.29, 0.717) is 17.4 Å². The average Bonchev–Trinajstić information content (AvgIpc) is 2.38. The van der Waals surface area contributed by atoms with E-state index in [-0.39, 0.29) is 5.75 Å². The molecule has 0 bridgehead atoms. The fraction of sp³-hybridized carbons (Fsp3) is 0.167. The first-order chi connectivity index (χ1) is 8.67. The minimum absolute atomic E-state index is 0.0887. The van der Waals surface area contributed by atoms with Gasteiger partial charge in [0, 0.05) is 6.54 Å². The first kappa shape index (κ1) is 14.0. The number of hydrazone groups is 1. The second kappa shape index (κ2) is 7.29. The van der Waals surface area contributed by atoms with Crippen LogP contribution in [0.4, 0.5) is 0 Å². The summed E-state index contributed by atoms with van der Waals surface area (Å²) in [6, 6.07) is 4.92. The SMILES string of the molecule is C=CCNC(=S)N/N=C\c1ccc(O)c(OC)c1. The van der Waals surface area contributed by atoms with Crippen molar-refractivity contribution in [3.63, 3.8) is 0 Å². The minimum Gasteiger partial charge on any atom is -0.504 e. The quantitative estimate of drug-likeness (QED) is 0.325. The first-order valence-electron chi connectivity index (χ1n) is 5.22. The molecular weight excluding hydrogens is 250 g/mol. The van der Waals surface area contributed by atoms with Gasteiger partial charge >= 0.3 is 0 Å². The number of hydrogen-bond acceptors (Lipinski definition) is 4. The number of phenolic OH excluding ortho intramolecular Hbond substituents is 1. The third kappa shape index (κ3) is 4.42. The Kier molecular flexibility index (Phi) is 5.66. The van der Waals surface area contributed by atoms with Gasteiger partial charge in [0.25, 0.3) is 0 Å². The first-order valence-corrected chi connectivity index (χ1v) is 5.63. The maximum Gasteiger partial charge on any atom is 0.187 e. The van der Waals surface area contributed by atoms with Crippen LogP contribution in [0.15, 0.2) is 36.0 Å². The van der Waals surface area contributed by atoms with Crippen molar-refractivity contribution in [1.82, 2.24) is 10.7 Å². The highest BCUT2D eigenvalue weighted by Gasteiger charge is 2.00. The molecule has 0 saturated carbocycles. The maximum atomic E-state index is 9.42. The molecule has 1 aromatic rings. The molecule has 0 saturated heterocycles. The fourth-order valence-electron chi connectivity index (χ4n) is 1.14. The monoisotopic (exact) mass is 265 g/mol. The number of benzene rings is 1. The van der Waals surface area contributed by atoms with Crippen LogP contribution >= 0.6 is 12.2 Å². The molecule has 0 aliphatic heterocycles. The summed E-state index contributed by atoms with van der Waals surface area (Å²) in [6.45, 7) is 4.14. The third-order valence-electron chi connectivity index (χ3n) is 1.99. The van der Waals surface area contributed by atoms with Crippen molar-refractivity contribution in [3.05, 3.63) is 36.4 Å². The summed E-state index contributed by atoms with van der Waals surface area (Å²) in [4.78, 5) is 0. The van der Waals surface area contributed by atoms with Crippen molar-refractivity contribution < 1.29 is 9.84 Å².